The fraction of sp³-hybridized carbons (Fsp3) is 1.00. The highest BCUT2D eigenvalue weighted by atomic mass is 16.3. The molecule has 0 saturated heterocycles. The molecule has 1 fully saturated rings. The van der Waals surface area contributed by atoms with Gasteiger partial charge in [-0.05, 0) is 18.3 Å². The lowest BCUT2D eigenvalue weighted by Gasteiger charge is -2.12. The molecule has 54 valence electrons. The first-order chi connectivity index (χ1) is 4.13. The van der Waals surface area contributed by atoms with Crippen molar-refractivity contribution < 1.29 is 10.2 Å². The summed E-state index contributed by atoms with van der Waals surface area (Å²) >= 11 is 0. The molecule has 0 bridgehead atoms. The lowest BCUT2D eigenvalue weighted by atomic mass is 9.98. The molecule has 1 aliphatic rings. The molecule has 0 aromatic heterocycles. The van der Waals surface area contributed by atoms with E-state index in [1.807, 2.05) is 13.8 Å². The van der Waals surface area contributed by atoms with Crippen LogP contribution in [0.4, 0.5) is 0 Å². The molecule has 0 radical (unpaired) electrons. The first kappa shape index (κ1) is 7.03. The van der Waals surface area contributed by atoms with E-state index < -0.39 is 0 Å². The van der Waals surface area contributed by atoms with Gasteiger partial charge >= 0.3 is 0 Å². The van der Waals surface area contributed by atoms with Crippen molar-refractivity contribution in [1.82, 2.24) is 0 Å². The third-order valence-corrected chi connectivity index (χ3v) is 2.53. The molecule has 2 nitrogen and oxygen atoms in total. The highest BCUT2D eigenvalue weighted by Crippen LogP contribution is 2.31. The molecule has 0 unspecified atom stereocenters. The zero-order valence-electron chi connectivity index (χ0n) is 5.91. The standard InChI is InChI=1S/C7H14O2/c1-4-5(2)7(9)3-6(4)8/h4-9H,3H2,1-2H3/t4-,5-,6-,7-/m1/s1. The summed E-state index contributed by atoms with van der Waals surface area (Å²) in [7, 11) is 0. The fourth-order valence-electron chi connectivity index (χ4n) is 1.38. The highest BCUT2D eigenvalue weighted by molar-refractivity contribution is 4.85. The van der Waals surface area contributed by atoms with Gasteiger partial charge in [-0.25, -0.2) is 0 Å². The van der Waals surface area contributed by atoms with Crippen LogP contribution in [0.3, 0.4) is 0 Å². The van der Waals surface area contributed by atoms with E-state index >= 15 is 0 Å². The molecule has 0 amide bonds. The van der Waals surface area contributed by atoms with E-state index in [2.05, 4.69) is 0 Å². The van der Waals surface area contributed by atoms with Crippen molar-refractivity contribution in [3.8, 4) is 0 Å². The SMILES string of the molecule is C[C@@H]1[C@@H](C)[C@H](O)C[C@H]1O. The van der Waals surface area contributed by atoms with Gasteiger partial charge in [0, 0.05) is 0 Å². The van der Waals surface area contributed by atoms with E-state index in [1.165, 1.54) is 0 Å². The first-order valence-electron chi connectivity index (χ1n) is 3.49. The minimum atomic E-state index is -0.282. The van der Waals surface area contributed by atoms with Crippen LogP contribution in [0, 0.1) is 11.8 Å². The predicted octanol–water partition coefficient (Wildman–Crippen LogP) is 0.384. The van der Waals surface area contributed by atoms with Crippen LogP contribution in [0.2, 0.25) is 0 Å². The summed E-state index contributed by atoms with van der Waals surface area (Å²) in [6.45, 7) is 3.96. The number of hydrogen-bond acceptors (Lipinski definition) is 2. The van der Waals surface area contributed by atoms with Crippen molar-refractivity contribution >= 4 is 0 Å². The summed E-state index contributed by atoms with van der Waals surface area (Å²) in [5.41, 5.74) is 0. The van der Waals surface area contributed by atoms with Gasteiger partial charge in [-0.2, -0.15) is 0 Å². The second-order valence-electron chi connectivity index (χ2n) is 3.09. The van der Waals surface area contributed by atoms with Gasteiger partial charge in [-0.15, -0.1) is 0 Å². The van der Waals surface area contributed by atoms with Crippen LogP contribution < -0.4 is 0 Å². The lowest BCUT2D eigenvalue weighted by Crippen LogP contribution is -2.15. The average Bonchev–Trinajstić information content (AvgIpc) is 1.98. The zero-order valence-corrected chi connectivity index (χ0v) is 5.91. The van der Waals surface area contributed by atoms with Gasteiger partial charge in [0.2, 0.25) is 0 Å². The van der Waals surface area contributed by atoms with Crippen molar-refractivity contribution in [2.24, 2.45) is 11.8 Å². The Balaban J connectivity index is 2.54. The van der Waals surface area contributed by atoms with Crippen LogP contribution in [-0.4, -0.2) is 22.4 Å². The molecule has 1 aliphatic carbocycles. The van der Waals surface area contributed by atoms with Gasteiger partial charge in [0.05, 0.1) is 12.2 Å². The Morgan fingerprint density at radius 3 is 1.44 bits per heavy atom. The number of rotatable bonds is 0. The van der Waals surface area contributed by atoms with E-state index in [1.54, 1.807) is 0 Å². The van der Waals surface area contributed by atoms with Crippen molar-refractivity contribution in [3.05, 3.63) is 0 Å². The topological polar surface area (TPSA) is 40.5 Å². The van der Waals surface area contributed by atoms with Crippen molar-refractivity contribution in [2.75, 3.05) is 0 Å². The fourth-order valence-corrected chi connectivity index (χ4v) is 1.38. The first-order valence-corrected chi connectivity index (χ1v) is 3.49. The number of aliphatic hydroxyl groups is 2. The van der Waals surface area contributed by atoms with E-state index in [0.29, 0.717) is 6.42 Å². The van der Waals surface area contributed by atoms with Crippen molar-refractivity contribution in [2.45, 2.75) is 32.5 Å². The minimum absolute atomic E-state index is 0.264. The third kappa shape index (κ3) is 1.10. The quantitative estimate of drug-likeness (QED) is 0.498. The molecule has 0 spiro atoms. The summed E-state index contributed by atoms with van der Waals surface area (Å²) in [5.74, 6) is 0.528. The largest absolute Gasteiger partial charge is 0.393 e. The Bertz CT molecular complexity index is 91.1. The van der Waals surface area contributed by atoms with Gasteiger partial charge in [0.25, 0.3) is 0 Å². The molecule has 0 aromatic rings. The van der Waals surface area contributed by atoms with E-state index in [4.69, 9.17) is 0 Å². The maximum absolute atomic E-state index is 9.18. The summed E-state index contributed by atoms with van der Waals surface area (Å²) < 4.78 is 0. The van der Waals surface area contributed by atoms with Crippen LogP contribution in [-0.2, 0) is 0 Å². The molecule has 9 heavy (non-hydrogen) atoms. The van der Waals surface area contributed by atoms with E-state index in [9.17, 15) is 10.2 Å². The van der Waals surface area contributed by atoms with Gasteiger partial charge in [-0.3, -0.25) is 0 Å². The highest BCUT2D eigenvalue weighted by Gasteiger charge is 2.35. The maximum Gasteiger partial charge on any atom is 0.0594 e. The Morgan fingerprint density at radius 2 is 1.33 bits per heavy atom. The van der Waals surface area contributed by atoms with Crippen LogP contribution in [0.25, 0.3) is 0 Å². The van der Waals surface area contributed by atoms with Crippen LogP contribution in [0.15, 0.2) is 0 Å². The Morgan fingerprint density at radius 1 is 1.00 bits per heavy atom. The van der Waals surface area contributed by atoms with Crippen LogP contribution in [0.5, 0.6) is 0 Å². The lowest BCUT2D eigenvalue weighted by molar-refractivity contribution is 0.123. The van der Waals surface area contributed by atoms with Gasteiger partial charge in [0.1, 0.15) is 0 Å². The van der Waals surface area contributed by atoms with Crippen molar-refractivity contribution in [3.63, 3.8) is 0 Å². The molecule has 1 saturated carbocycles. The molecule has 2 N–H and O–H groups in total. The molecular weight excluding hydrogens is 116 g/mol. The smallest absolute Gasteiger partial charge is 0.0594 e. The predicted molar refractivity (Wildman–Crippen MR) is 35.0 cm³/mol. The summed E-state index contributed by atoms with van der Waals surface area (Å²) in [4.78, 5) is 0. The molecule has 4 atom stereocenters. The monoisotopic (exact) mass is 130 g/mol. The average molecular weight is 130 g/mol. The summed E-state index contributed by atoms with van der Waals surface area (Å²) in [6.07, 6.45) is -0.00694. The molecule has 0 aliphatic heterocycles. The minimum Gasteiger partial charge on any atom is -0.393 e. The van der Waals surface area contributed by atoms with Gasteiger partial charge < -0.3 is 10.2 Å². The van der Waals surface area contributed by atoms with Gasteiger partial charge in [0.15, 0.2) is 0 Å². The van der Waals surface area contributed by atoms with Crippen LogP contribution >= 0.6 is 0 Å². The second-order valence-corrected chi connectivity index (χ2v) is 3.09. The molecular formula is C7H14O2. The zero-order chi connectivity index (χ0) is 7.02. The van der Waals surface area contributed by atoms with Gasteiger partial charge in [-0.1, -0.05) is 13.8 Å². The normalized spacial score (nSPS) is 52.0. The number of hydrogen-bond donors (Lipinski definition) is 2. The summed E-state index contributed by atoms with van der Waals surface area (Å²) in [5, 5.41) is 18.4. The van der Waals surface area contributed by atoms with E-state index in [-0.39, 0.29) is 24.0 Å². The second kappa shape index (κ2) is 2.27. The maximum atomic E-state index is 9.18. The third-order valence-electron chi connectivity index (χ3n) is 2.53. The molecule has 2 heteroatoms. The summed E-state index contributed by atoms with van der Waals surface area (Å²) in [6, 6.07) is 0. The number of aliphatic hydroxyl groups excluding tert-OH is 2. The molecule has 0 heterocycles. The molecule has 0 aromatic carbocycles. The van der Waals surface area contributed by atoms with E-state index in [0.717, 1.165) is 0 Å². The molecule has 1 rings (SSSR count). The van der Waals surface area contributed by atoms with Crippen molar-refractivity contribution in [1.29, 1.82) is 0 Å². The Hall–Kier alpha value is -0.0800. The Kier molecular flexibility index (Phi) is 1.78. The Labute approximate surface area is 55.5 Å². The van der Waals surface area contributed by atoms with Crippen LogP contribution in [0.1, 0.15) is 20.3 Å².